The van der Waals surface area contributed by atoms with Gasteiger partial charge in [0.25, 0.3) is 0 Å². The van der Waals surface area contributed by atoms with E-state index in [-0.39, 0.29) is 5.57 Å². The van der Waals surface area contributed by atoms with E-state index < -0.39 is 0 Å². The zero-order valence-corrected chi connectivity index (χ0v) is 17.4. The number of nitrogens with zero attached hydrogens (tertiary/aromatic N) is 2. The molecule has 0 radical (unpaired) electrons. The number of rotatable bonds is 4. The van der Waals surface area contributed by atoms with Crippen LogP contribution in [0, 0.1) is 22.7 Å². The summed E-state index contributed by atoms with van der Waals surface area (Å²) in [6, 6.07) is 32.3. The van der Waals surface area contributed by atoms with E-state index >= 15 is 0 Å². The van der Waals surface area contributed by atoms with E-state index in [2.05, 4.69) is 36.4 Å². The van der Waals surface area contributed by atoms with E-state index in [4.69, 9.17) is 0 Å². The number of benzene rings is 3. The lowest BCUT2D eigenvalue weighted by Gasteiger charge is -2.07. The summed E-state index contributed by atoms with van der Waals surface area (Å²) in [5, 5.41) is 19.1. The predicted molar refractivity (Wildman–Crippen MR) is 131 cm³/mol. The van der Waals surface area contributed by atoms with Gasteiger partial charge in [0.1, 0.15) is 17.7 Å². The normalized spacial score (nSPS) is 13.6. The standard InChI is InChI=1S/C30H20N2/c31-21-29(22-32)30(28-18-16-27(17-19-28)25-11-5-2-6-12-25)20-23-8-7-13-26(15-14-23)24-9-3-1-4-10-24/h1-20H/b23-20+. The quantitative estimate of drug-likeness (QED) is 0.426. The van der Waals surface area contributed by atoms with Crippen molar-refractivity contribution in [2.75, 3.05) is 0 Å². The highest BCUT2D eigenvalue weighted by Gasteiger charge is 2.09. The lowest BCUT2D eigenvalue weighted by Crippen LogP contribution is -1.89. The summed E-state index contributed by atoms with van der Waals surface area (Å²) < 4.78 is 0. The molecule has 0 heterocycles. The molecule has 0 spiro atoms. The minimum Gasteiger partial charge on any atom is -0.192 e. The fraction of sp³-hybridized carbons (Fsp3) is 0. The summed E-state index contributed by atoms with van der Waals surface area (Å²) in [5.41, 5.74) is 6.89. The van der Waals surface area contributed by atoms with Crippen LogP contribution in [0.15, 0.2) is 133 Å². The second-order valence-electron chi connectivity index (χ2n) is 7.28. The number of hydrogen-bond donors (Lipinski definition) is 0. The minimum atomic E-state index is 0.0900. The first-order valence-corrected chi connectivity index (χ1v) is 10.3. The monoisotopic (exact) mass is 408 g/mol. The fourth-order valence-corrected chi connectivity index (χ4v) is 3.56. The molecule has 0 amide bonds. The van der Waals surface area contributed by atoms with E-state index in [1.165, 1.54) is 0 Å². The third-order valence-corrected chi connectivity index (χ3v) is 5.23. The Bertz CT molecular complexity index is 1320. The highest BCUT2D eigenvalue weighted by molar-refractivity contribution is 5.85. The first-order chi connectivity index (χ1) is 15.8. The smallest absolute Gasteiger partial charge is 0.137 e. The van der Waals surface area contributed by atoms with Crippen molar-refractivity contribution in [3.05, 3.63) is 144 Å². The van der Waals surface area contributed by atoms with Gasteiger partial charge in [0, 0.05) is 5.57 Å². The Morgan fingerprint density at radius 3 is 1.84 bits per heavy atom. The Morgan fingerprint density at radius 2 is 1.22 bits per heavy atom. The van der Waals surface area contributed by atoms with Crippen LogP contribution in [0.3, 0.4) is 0 Å². The summed E-state index contributed by atoms with van der Waals surface area (Å²) in [6.07, 6.45) is 12.0. The Morgan fingerprint density at radius 1 is 0.625 bits per heavy atom. The van der Waals surface area contributed by atoms with Crippen LogP contribution in [-0.2, 0) is 0 Å². The van der Waals surface area contributed by atoms with Crippen LogP contribution in [0.25, 0.3) is 22.3 Å². The maximum atomic E-state index is 9.56. The van der Waals surface area contributed by atoms with Crippen molar-refractivity contribution in [3.8, 4) is 23.3 Å². The number of allylic oxidation sites excluding steroid dienone is 10. The maximum absolute atomic E-state index is 9.56. The first kappa shape index (κ1) is 20.6. The molecule has 3 aromatic carbocycles. The molecule has 0 N–H and O–H groups in total. The minimum absolute atomic E-state index is 0.0900. The maximum Gasteiger partial charge on any atom is 0.137 e. The zero-order chi connectivity index (χ0) is 22.2. The van der Waals surface area contributed by atoms with Crippen molar-refractivity contribution < 1.29 is 0 Å². The second-order valence-corrected chi connectivity index (χ2v) is 7.28. The molecule has 0 aromatic heterocycles. The van der Waals surface area contributed by atoms with Crippen molar-refractivity contribution in [3.63, 3.8) is 0 Å². The summed E-state index contributed by atoms with van der Waals surface area (Å²) in [5.74, 6) is 0. The summed E-state index contributed by atoms with van der Waals surface area (Å²) in [7, 11) is 0. The molecular weight excluding hydrogens is 388 g/mol. The molecule has 2 heteroatoms. The molecule has 4 rings (SSSR count). The van der Waals surface area contributed by atoms with Crippen molar-refractivity contribution in [1.29, 1.82) is 10.5 Å². The zero-order valence-electron chi connectivity index (χ0n) is 17.4. The Hall–Kier alpha value is -4.66. The molecule has 150 valence electrons. The molecule has 0 aliphatic heterocycles. The van der Waals surface area contributed by atoms with E-state index in [9.17, 15) is 10.5 Å². The van der Waals surface area contributed by atoms with E-state index in [1.807, 2.05) is 97.1 Å². The van der Waals surface area contributed by atoms with Crippen LogP contribution in [0.2, 0.25) is 0 Å². The molecule has 0 saturated heterocycles. The molecule has 0 unspecified atom stereocenters. The van der Waals surface area contributed by atoms with Crippen LogP contribution < -0.4 is 0 Å². The first-order valence-electron chi connectivity index (χ1n) is 10.3. The molecule has 0 atom stereocenters. The molecule has 3 aromatic rings. The fourth-order valence-electron chi connectivity index (χ4n) is 3.56. The second kappa shape index (κ2) is 9.90. The van der Waals surface area contributed by atoms with E-state index in [1.54, 1.807) is 0 Å². The van der Waals surface area contributed by atoms with Crippen molar-refractivity contribution >= 4 is 11.1 Å². The molecular formula is C30H20N2. The Kier molecular flexibility index (Phi) is 6.37. The summed E-state index contributed by atoms with van der Waals surface area (Å²) in [4.78, 5) is 0. The molecule has 1 aliphatic carbocycles. The molecule has 32 heavy (non-hydrogen) atoms. The third-order valence-electron chi connectivity index (χ3n) is 5.23. The van der Waals surface area contributed by atoms with Gasteiger partial charge in [0.2, 0.25) is 0 Å². The number of hydrogen-bond acceptors (Lipinski definition) is 2. The van der Waals surface area contributed by atoms with Crippen LogP contribution in [0.4, 0.5) is 0 Å². The van der Waals surface area contributed by atoms with Crippen LogP contribution in [0.1, 0.15) is 11.1 Å². The highest BCUT2D eigenvalue weighted by atomic mass is 14.3. The Labute approximate surface area is 188 Å². The van der Waals surface area contributed by atoms with Gasteiger partial charge in [-0.2, -0.15) is 10.5 Å². The van der Waals surface area contributed by atoms with Gasteiger partial charge >= 0.3 is 0 Å². The van der Waals surface area contributed by atoms with Gasteiger partial charge in [-0.15, -0.1) is 0 Å². The molecule has 0 saturated carbocycles. The van der Waals surface area contributed by atoms with Gasteiger partial charge in [-0.05, 0) is 39.5 Å². The van der Waals surface area contributed by atoms with Crippen LogP contribution >= 0.6 is 0 Å². The largest absolute Gasteiger partial charge is 0.192 e. The molecule has 0 fully saturated rings. The van der Waals surface area contributed by atoms with Gasteiger partial charge in [-0.25, -0.2) is 0 Å². The highest BCUT2D eigenvalue weighted by Crippen LogP contribution is 2.27. The summed E-state index contributed by atoms with van der Waals surface area (Å²) >= 11 is 0. The van der Waals surface area contributed by atoms with Crippen molar-refractivity contribution in [2.24, 2.45) is 0 Å². The van der Waals surface area contributed by atoms with Gasteiger partial charge in [0.05, 0.1) is 0 Å². The summed E-state index contributed by atoms with van der Waals surface area (Å²) in [6.45, 7) is 0. The topological polar surface area (TPSA) is 47.6 Å². The Balaban J connectivity index is 1.69. The van der Waals surface area contributed by atoms with Crippen molar-refractivity contribution in [2.45, 2.75) is 0 Å². The number of nitriles is 2. The SMILES string of the molecule is N#CC(C#N)=C(/C=C1\C=CC=C(c2ccccc2)C=C1)c1ccc(-c2ccccc2)cc1. The van der Waals surface area contributed by atoms with Crippen LogP contribution in [-0.4, -0.2) is 0 Å². The molecule has 1 aliphatic rings. The average molecular weight is 409 g/mol. The van der Waals surface area contributed by atoms with Crippen LogP contribution in [0.5, 0.6) is 0 Å². The lowest BCUT2D eigenvalue weighted by atomic mass is 9.95. The van der Waals surface area contributed by atoms with Gasteiger partial charge in [-0.3, -0.25) is 0 Å². The molecule has 0 bridgehead atoms. The molecule has 2 nitrogen and oxygen atoms in total. The van der Waals surface area contributed by atoms with E-state index in [0.29, 0.717) is 5.57 Å². The van der Waals surface area contributed by atoms with Gasteiger partial charge in [-0.1, -0.05) is 115 Å². The average Bonchev–Trinajstić information content (AvgIpc) is 3.11. The predicted octanol–water partition coefficient (Wildman–Crippen LogP) is 7.29. The van der Waals surface area contributed by atoms with Gasteiger partial charge < -0.3 is 0 Å². The third kappa shape index (κ3) is 4.73. The van der Waals surface area contributed by atoms with Gasteiger partial charge in [0.15, 0.2) is 0 Å². The lowest BCUT2D eigenvalue weighted by molar-refractivity contribution is 1.45. The van der Waals surface area contributed by atoms with Crippen molar-refractivity contribution in [1.82, 2.24) is 0 Å². The van der Waals surface area contributed by atoms with E-state index in [0.717, 1.165) is 33.4 Å².